The zero-order chi connectivity index (χ0) is 16.2. The number of likely N-dealkylation sites (N-methyl/N-ethyl adjacent to an activating group) is 1. The first-order valence-corrected chi connectivity index (χ1v) is 8.51. The van der Waals surface area contributed by atoms with E-state index >= 15 is 0 Å². The van der Waals surface area contributed by atoms with E-state index in [1.165, 1.54) is 5.56 Å². The summed E-state index contributed by atoms with van der Waals surface area (Å²) in [6, 6.07) is 11.0. The summed E-state index contributed by atoms with van der Waals surface area (Å²) >= 11 is 0. The van der Waals surface area contributed by atoms with Crippen LogP contribution in [0.3, 0.4) is 0 Å². The molecule has 0 aliphatic carbocycles. The number of rotatable bonds is 9. The maximum atomic E-state index is 4.71. The molecule has 0 saturated heterocycles. The van der Waals surface area contributed by atoms with E-state index in [4.69, 9.17) is 4.99 Å². The minimum Gasteiger partial charge on any atom is -0.357 e. The third-order valence-electron chi connectivity index (χ3n) is 3.84. The van der Waals surface area contributed by atoms with Crippen LogP contribution in [0.4, 0.5) is 0 Å². The smallest absolute Gasteiger partial charge is 0.191 e. The van der Waals surface area contributed by atoms with Gasteiger partial charge in [0.2, 0.25) is 0 Å². The molecule has 0 radical (unpaired) electrons. The minimum atomic E-state index is 0.472. The summed E-state index contributed by atoms with van der Waals surface area (Å²) < 4.78 is 0. The highest BCUT2D eigenvalue weighted by atomic mass is 15.2. The number of hydrogen-bond acceptors (Lipinski definition) is 2. The molecule has 0 heterocycles. The van der Waals surface area contributed by atoms with Gasteiger partial charge in [-0.1, -0.05) is 44.2 Å². The molecular weight excluding hydrogens is 272 g/mol. The molecule has 0 saturated carbocycles. The molecule has 0 aromatic heterocycles. The normalized spacial score (nSPS) is 13.2. The van der Waals surface area contributed by atoms with Crippen molar-refractivity contribution in [1.29, 1.82) is 0 Å². The van der Waals surface area contributed by atoms with E-state index in [0.717, 1.165) is 45.1 Å². The van der Waals surface area contributed by atoms with Crippen LogP contribution in [0.2, 0.25) is 0 Å². The number of nitrogens with one attached hydrogen (secondary N) is 2. The molecule has 0 fully saturated rings. The molecule has 22 heavy (non-hydrogen) atoms. The molecule has 4 nitrogen and oxygen atoms in total. The lowest BCUT2D eigenvalue weighted by atomic mass is 10.1. The summed E-state index contributed by atoms with van der Waals surface area (Å²) in [6.07, 6.45) is 1.01. The van der Waals surface area contributed by atoms with Crippen molar-refractivity contribution >= 4 is 5.96 Å². The molecule has 1 unspecified atom stereocenters. The molecule has 1 rings (SSSR count). The van der Waals surface area contributed by atoms with E-state index in [1.54, 1.807) is 0 Å². The molecule has 1 aromatic rings. The SMILES string of the molecule is CCNC(=NCC(C)N(CC)CC)NCCc1ccccc1. The largest absolute Gasteiger partial charge is 0.357 e. The van der Waals surface area contributed by atoms with Crippen LogP contribution >= 0.6 is 0 Å². The Morgan fingerprint density at radius 2 is 1.77 bits per heavy atom. The van der Waals surface area contributed by atoms with Crippen molar-refractivity contribution in [2.45, 2.75) is 40.2 Å². The zero-order valence-electron chi connectivity index (χ0n) is 14.6. The molecule has 1 aromatic carbocycles. The Hall–Kier alpha value is -1.55. The molecule has 2 N–H and O–H groups in total. The van der Waals surface area contributed by atoms with Crippen LogP contribution in [0.5, 0.6) is 0 Å². The van der Waals surface area contributed by atoms with Crippen molar-refractivity contribution in [1.82, 2.24) is 15.5 Å². The molecule has 0 bridgehead atoms. The van der Waals surface area contributed by atoms with E-state index in [9.17, 15) is 0 Å². The first-order chi connectivity index (χ1) is 10.7. The molecule has 124 valence electrons. The molecular formula is C18H32N4. The lowest BCUT2D eigenvalue weighted by Gasteiger charge is -2.25. The summed E-state index contributed by atoms with van der Waals surface area (Å²) in [5, 5.41) is 6.74. The fourth-order valence-corrected chi connectivity index (χ4v) is 2.50. The van der Waals surface area contributed by atoms with Crippen molar-refractivity contribution in [2.75, 3.05) is 32.7 Å². The van der Waals surface area contributed by atoms with E-state index in [2.05, 4.69) is 73.6 Å². The van der Waals surface area contributed by atoms with Crippen LogP contribution in [0, 0.1) is 0 Å². The summed E-state index contributed by atoms with van der Waals surface area (Å²) in [5.41, 5.74) is 1.35. The predicted molar refractivity (Wildman–Crippen MR) is 96.5 cm³/mol. The standard InChI is InChI=1S/C18H32N4/c1-5-19-18(21-15-16(4)22(6-2)7-3)20-14-13-17-11-9-8-10-12-17/h8-12,16H,5-7,13-15H2,1-4H3,(H2,19,20,21). The molecule has 0 amide bonds. The van der Waals surface area contributed by atoms with Gasteiger partial charge in [0.1, 0.15) is 0 Å². The van der Waals surface area contributed by atoms with Gasteiger partial charge in [-0.3, -0.25) is 9.89 Å². The first-order valence-electron chi connectivity index (χ1n) is 8.51. The Balaban J connectivity index is 2.44. The summed E-state index contributed by atoms with van der Waals surface area (Å²) in [4.78, 5) is 7.14. The highest BCUT2D eigenvalue weighted by Crippen LogP contribution is 1.99. The van der Waals surface area contributed by atoms with Gasteiger partial charge in [0, 0.05) is 19.1 Å². The number of aliphatic imine (C=N–C) groups is 1. The number of guanidine groups is 1. The Bertz CT molecular complexity index is 412. The number of benzene rings is 1. The Morgan fingerprint density at radius 1 is 1.09 bits per heavy atom. The zero-order valence-corrected chi connectivity index (χ0v) is 14.6. The highest BCUT2D eigenvalue weighted by Gasteiger charge is 2.09. The second-order valence-corrected chi connectivity index (χ2v) is 5.45. The van der Waals surface area contributed by atoms with E-state index in [-0.39, 0.29) is 0 Å². The Labute approximate surface area is 136 Å². The van der Waals surface area contributed by atoms with Gasteiger partial charge in [-0.05, 0) is 38.9 Å². The maximum absolute atomic E-state index is 4.71. The third-order valence-corrected chi connectivity index (χ3v) is 3.84. The van der Waals surface area contributed by atoms with Gasteiger partial charge in [-0.2, -0.15) is 0 Å². The topological polar surface area (TPSA) is 39.7 Å². The lowest BCUT2D eigenvalue weighted by Crippen LogP contribution is -2.40. The van der Waals surface area contributed by atoms with Gasteiger partial charge in [-0.25, -0.2) is 0 Å². The average molecular weight is 304 g/mol. The monoisotopic (exact) mass is 304 g/mol. The van der Waals surface area contributed by atoms with E-state index in [0.29, 0.717) is 6.04 Å². The van der Waals surface area contributed by atoms with Crippen LogP contribution in [0.1, 0.15) is 33.3 Å². The maximum Gasteiger partial charge on any atom is 0.191 e. The van der Waals surface area contributed by atoms with Gasteiger partial charge in [0.05, 0.1) is 6.54 Å². The fraction of sp³-hybridized carbons (Fsp3) is 0.611. The Kier molecular flexibility index (Phi) is 9.31. The van der Waals surface area contributed by atoms with Crippen LogP contribution in [0.15, 0.2) is 35.3 Å². The van der Waals surface area contributed by atoms with E-state index in [1.807, 2.05) is 0 Å². The van der Waals surface area contributed by atoms with Crippen LogP contribution in [-0.4, -0.2) is 49.6 Å². The number of hydrogen-bond donors (Lipinski definition) is 2. The molecule has 4 heteroatoms. The lowest BCUT2D eigenvalue weighted by molar-refractivity contribution is 0.237. The van der Waals surface area contributed by atoms with Gasteiger partial charge in [-0.15, -0.1) is 0 Å². The second-order valence-electron chi connectivity index (χ2n) is 5.45. The first kappa shape index (κ1) is 18.5. The third kappa shape index (κ3) is 6.94. The van der Waals surface area contributed by atoms with Gasteiger partial charge >= 0.3 is 0 Å². The van der Waals surface area contributed by atoms with Gasteiger partial charge in [0.15, 0.2) is 5.96 Å². The predicted octanol–water partition coefficient (Wildman–Crippen LogP) is 2.51. The fourth-order valence-electron chi connectivity index (χ4n) is 2.50. The Morgan fingerprint density at radius 3 is 2.36 bits per heavy atom. The molecule has 0 aliphatic heterocycles. The van der Waals surface area contributed by atoms with Crippen LogP contribution in [0.25, 0.3) is 0 Å². The van der Waals surface area contributed by atoms with Crippen molar-refractivity contribution < 1.29 is 0 Å². The summed E-state index contributed by atoms with van der Waals surface area (Å²) in [7, 11) is 0. The highest BCUT2D eigenvalue weighted by molar-refractivity contribution is 5.79. The van der Waals surface area contributed by atoms with Crippen LogP contribution < -0.4 is 10.6 Å². The van der Waals surface area contributed by atoms with Gasteiger partial charge in [0.25, 0.3) is 0 Å². The van der Waals surface area contributed by atoms with Crippen molar-refractivity contribution in [3.05, 3.63) is 35.9 Å². The van der Waals surface area contributed by atoms with Crippen molar-refractivity contribution in [2.24, 2.45) is 4.99 Å². The minimum absolute atomic E-state index is 0.472. The van der Waals surface area contributed by atoms with Crippen LogP contribution in [-0.2, 0) is 6.42 Å². The quantitative estimate of drug-likeness (QED) is 0.544. The van der Waals surface area contributed by atoms with Crippen molar-refractivity contribution in [3.63, 3.8) is 0 Å². The molecule has 0 aliphatic rings. The van der Waals surface area contributed by atoms with E-state index < -0.39 is 0 Å². The average Bonchev–Trinajstić information content (AvgIpc) is 2.54. The second kappa shape index (κ2) is 11.1. The molecule has 0 spiro atoms. The summed E-state index contributed by atoms with van der Waals surface area (Å²) in [5.74, 6) is 0.914. The van der Waals surface area contributed by atoms with Crippen molar-refractivity contribution in [3.8, 4) is 0 Å². The summed E-state index contributed by atoms with van der Waals surface area (Å²) in [6.45, 7) is 13.5. The molecule has 1 atom stereocenters. The van der Waals surface area contributed by atoms with Gasteiger partial charge < -0.3 is 10.6 Å². The number of nitrogens with zero attached hydrogens (tertiary/aromatic N) is 2.